The van der Waals surface area contributed by atoms with Crippen LogP contribution in [-0.2, 0) is 61.7 Å². The van der Waals surface area contributed by atoms with Crippen molar-refractivity contribution in [1.82, 2.24) is 0 Å². The summed E-state index contributed by atoms with van der Waals surface area (Å²) in [4.78, 5) is -1.87. The van der Waals surface area contributed by atoms with E-state index in [9.17, 15) is 10.2 Å². The van der Waals surface area contributed by atoms with Crippen molar-refractivity contribution in [3.8, 4) is 11.5 Å². The minimum Gasteiger partial charge on any atom is -0.488 e. The molecule has 0 bridgehead atoms. The Morgan fingerprint density at radius 1 is 0.551 bits per heavy atom. The molecule has 69 heavy (non-hydrogen) atoms. The van der Waals surface area contributed by atoms with Gasteiger partial charge in [-0.2, -0.15) is 0 Å². The van der Waals surface area contributed by atoms with E-state index in [1.165, 1.54) is 11.8 Å². The average molecular weight is 949 g/mol. The van der Waals surface area contributed by atoms with Crippen LogP contribution in [0.4, 0.5) is 0 Å². The van der Waals surface area contributed by atoms with Crippen molar-refractivity contribution in [2.75, 3.05) is 20.5 Å². The molecule has 0 amide bonds. The van der Waals surface area contributed by atoms with Crippen molar-refractivity contribution in [3.63, 3.8) is 0 Å². The van der Waals surface area contributed by atoms with Crippen LogP contribution in [-0.4, -0.2) is 54.3 Å². The topological polar surface area (TPSA) is 105 Å². The molecule has 2 N–H and O–H groups in total. The standard InChI is InChI=1S/C57H58O9S.C2H6/c1-41-32-51(62-35-43-20-10-4-11-21-43)50(33-49(41)53(58)47-28-30-48(31-29-47)66-40-60-2)57(59)56(65-38-46-26-16-7-17-27-46)55(64-37-45-24-14-6-15-25-45)54(63-36-44-22-12-5-13-23-44)52(67-57)39-61-34-42-18-8-3-9-19-42;1-2/h3-33,52-56,58-59H,34-40H2,1-2H3;1-2H3/t52-,53?,54-,55+,56-,57+;/m1./s1. The first-order chi connectivity index (χ1) is 33.9. The van der Waals surface area contributed by atoms with Crippen LogP contribution >= 0.6 is 11.8 Å². The average Bonchev–Trinajstić information content (AvgIpc) is 3.40. The zero-order valence-electron chi connectivity index (χ0n) is 39.9. The quantitative estimate of drug-likeness (QED) is 0.0638. The molecule has 1 saturated heterocycles. The Hall–Kier alpha value is -5.79. The van der Waals surface area contributed by atoms with Crippen LogP contribution in [0.15, 0.2) is 188 Å². The predicted octanol–water partition coefficient (Wildman–Crippen LogP) is 11.9. The first kappa shape index (κ1) is 51.1. The molecular formula is C59H64O9S. The lowest BCUT2D eigenvalue weighted by atomic mass is 9.88. The van der Waals surface area contributed by atoms with Gasteiger partial charge >= 0.3 is 0 Å². The first-order valence-corrected chi connectivity index (χ1v) is 24.5. The van der Waals surface area contributed by atoms with Gasteiger partial charge in [0.05, 0.1) is 38.3 Å². The van der Waals surface area contributed by atoms with Gasteiger partial charge in [-0.25, -0.2) is 0 Å². The van der Waals surface area contributed by atoms with E-state index in [0.717, 1.165) is 33.4 Å². The van der Waals surface area contributed by atoms with Crippen LogP contribution in [0.5, 0.6) is 11.5 Å². The maximum absolute atomic E-state index is 14.1. The van der Waals surface area contributed by atoms with Crippen LogP contribution in [0.2, 0.25) is 0 Å². The minimum atomic E-state index is -1.87. The third-order valence-electron chi connectivity index (χ3n) is 11.8. The van der Waals surface area contributed by atoms with Crippen molar-refractivity contribution in [2.45, 2.75) is 88.4 Å². The monoisotopic (exact) mass is 948 g/mol. The van der Waals surface area contributed by atoms with Crippen molar-refractivity contribution in [2.24, 2.45) is 0 Å². The summed E-state index contributed by atoms with van der Waals surface area (Å²) < 4.78 is 45.2. The Morgan fingerprint density at radius 3 is 1.52 bits per heavy atom. The second-order valence-electron chi connectivity index (χ2n) is 16.6. The lowest BCUT2D eigenvalue weighted by Crippen LogP contribution is -2.61. The van der Waals surface area contributed by atoms with Gasteiger partial charge in [0.2, 0.25) is 0 Å². The third-order valence-corrected chi connectivity index (χ3v) is 13.3. The number of hydrogen-bond donors (Lipinski definition) is 2. The number of benzene rings is 7. The smallest absolute Gasteiger partial charge is 0.188 e. The number of ether oxygens (including phenoxy) is 7. The number of methoxy groups -OCH3 is 1. The molecule has 7 aromatic rings. The zero-order valence-corrected chi connectivity index (χ0v) is 40.7. The van der Waals surface area contributed by atoms with Crippen molar-refractivity contribution in [1.29, 1.82) is 0 Å². The molecule has 0 spiro atoms. The largest absolute Gasteiger partial charge is 0.488 e. The molecule has 8 rings (SSSR count). The second kappa shape index (κ2) is 26.3. The molecule has 7 aromatic carbocycles. The van der Waals surface area contributed by atoms with E-state index in [2.05, 4.69) is 0 Å². The van der Waals surface area contributed by atoms with Gasteiger partial charge in [0.15, 0.2) is 11.7 Å². The molecular weight excluding hydrogens is 885 g/mol. The highest BCUT2D eigenvalue weighted by Gasteiger charge is 2.58. The Bertz CT molecular complexity index is 2530. The van der Waals surface area contributed by atoms with Crippen LogP contribution in [0.25, 0.3) is 0 Å². The molecule has 0 aromatic heterocycles. The Labute approximate surface area is 411 Å². The Morgan fingerprint density at radius 2 is 1.01 bits per heavy atom. The van der Waals surface area contributed by atoms with Gasteiger partial charge in [0.25, 0.3) is 0 Å². The Kier molecular flexibility index (Phi) is 19.4. The van der Waals surface area contributed by atoms with Gasteiger partial charge in [-0.05, 0) is 75.7 Å². The fourth-order valence-corrected chi connectivity index (χ4v) is 9.87. The number of aliphatic hydroxyl groups is 2. The van der Waals surface area contributed by atoms with E-state index < -0.39 is 34.6 Å². The van der Waals surface area contributed by atoms with Crippen LogP contribution in [0.1, 0.15) is 70.0 Å². The molecule has 6 atom stereocenters. The van der Waals surface area contributed by atoms with E-state index in [-0.39, 0.29) is 39.8 Å². The molecule has 1 unspecified atom stereocenters. The number of aliphatic hydroxyl groups excluding tert-OH is 1. The molecule has 1 aliphatic rings. The summed E-state index contributed by atoms with van der Waals surface area (Å²) in [5, 5.41) is 25.8. The van der Waals surface area contributed by atoms with Crippen LogP contribution < -0.4 is 9.47 Å². The molecule has 0 radical (unpaired) electrons. The minimum absolute atomic E-state index is 0.102. The zero-order chi connectivity index (χ0) is 48.3. The fraction of sp³-hybridized carbons (Fsp3) is 0.288. The van der Waals surface area contributed by atoms with Gasteiger partial charge < -0.3 is 43.4 Å². The van der Waals surface area contributed by atoms with E-state index in [4.69, 9.17) is 33.2 Å². The van der Waals surface area contributed by atoms with Gasteiger partial charge in [0.1, 0.15) is 42.5 Å². The second-order valence-corrected chi connectivity index (χ2v) is 18.1. The van der Waals surface area contributed by atoms with E-state index >= 15 is 0 Å². The number of rotatable bonds is 22. The Balaban J connectivity index is 0.00000347. The maximum Gasteiger partial charge on any atom is 0.188 e. The van der Waals surface area contributed by atoms with Crippen LogP contribution in [0, 0.1) is 6.92 Å². The molecule has 9 nitrogen and oxygen atoms in total. The summed E-state index contributed by atoms with van der Waals surface area (Å²) in [6.45, 7) is 7.51. The highest BCUT2D eigenvalue weighted by Crippen LogP contribution is 2.53. The number of thioether (sulfide) groups is 1. The van der Waals surface area contributed by atoms with Gasteiger partial charge in [-0.3, -0.25) is 0 Å². The summed E-state index contributed by atoms with van der Waals surface area (Å²) in [7, 11) is 1.57. The van der Waals surface area contributed by atoms with Crippen molar-refractivity contribution in [3.05, 3.63) is 238 Å². The molecule has 10 heteroatoms. The SMILES string of the molecule is CC.COCOc1ccc(C(O)c2cc([C@]3(O)S[C@H](COCc4ccccc4)[C@@H](OCc4ccccc4)[C@H](OCc4ccccc4)[C@H]3OCc3ccccc3)c(OCc3ccccc3)cc2C)cc1. The van der Waals surface area contributed by atoms with E-state index in [0.29, 0.717) is 34.8 Å². The highest BCUT2D eigenvalue weighted by molar-refractivity contribution is 8.00. The molecule has 0 saturated carbocycles. The fourth-order valence-electron chi connectivity index (χ4n) is 8.25. The predicted molar refractivity (Wildman–Crippen MR) is 273 cm³/mol. The molecule has 1 heterocycles. The van der Waals surface area contributed by atoms with Gasteiger partial charge in [-0.1, -0.05) is 178 Å². The summed E-state index contributed by atoms with van der Waals surface area (Å²) in [5.41, 5.74) is 7.27. The molecule has 360 valence electrons. The lowest BCUT2D eigenvalue weighted by Gasteiger charge is -2.50. The first-order valence-electron chi connectivity index (χ1n) is 23.6. The summed E-state index contributed by atoms with van der Waals surface area (Å²) in [6.07, 6.45) is -3.60. The third kappa shape index (κ3) is 13.9. The normalized spacial score (nSPS) is 19.2. The van der Waals surface area contributed by atoms with E-state index in [1.807, 2.05) is 197 Å². The van der Waals surface area contributed by atoms with Gasteiger partial charge in [-0.15, -0.1) is 11.8 Å². The highest BCUT2D eigenvalue weighted by atomic mass is 32.2. The summed E-state index contributed by atoms with van der Waals surface area (Å²) >= 11 is 1.31. The maximum atomic E-state index is 14.1. The summed E-state index contributed by atoms with van der Waals surface area (Å²) in [5.74, 6) is 1.05. The number of aryl methyl sites for hydroxylation is 1. The molecule has 0 aliphatic carbocycles. The lowest BCUT2D eigenvalue weighted by molar-refractivity contribution is -0.199. The summed E-state index contributed by atoms with van der Waals surface area (Å²) in [6, 6.07) is 60.9. The molecule has 1 aliphatic heterocycles. The van der Waals surface area contributed by atoms with Gasteiger partial charge in [0, 0.05) is 12.7 Å². The van der Waals surface area contributed by atoms with Crippen LogP contribution in [0.3, 0.4) is 0 Å². The molecule has 1 fully saturated rings. The van der Waals surface area contributed by atoms with Crippen molar-refractivity contribution >= 4 is 11.8 Å². The van der Waals surface area contributed by atoms with E-state index in [1.54, 1.807) is 19.2 Å². The van der Waals surface area contributed by atoms with Crippen molar-refractivity contribution < 1.29 is 43.4 Å². The number of hydrogen-bond acceptors (Lipinski definition) is 10.